The van der Waals surface area contributed by atoms with Crippen molar-refractivity contribution in [1.29, 1.82) is 0 Å². The standard InChI is InChI=1S/C12H23BrO3Si/c1-7-15-11(14)10(8-13)9-16-17(5,6)12(2,3)4/h8H,7,9H2,1-6H3/b10-8+. The van der Waals surface area contributed by atoms with Crippen molar-refractivity contribution < 1.29 is 14.0 Å². The molecule has 0 aromatic carbocycles. The fourth-order valence-corrected chi connectivity index (χ4v) is 2.10. The maximum atomic E-state index is 11.6. The highest BCUT2D eigenvalue weighted by Gasteiger charge is 2.37. The maximum absolute atomic E-state index is 11.6. The zero-order valence-corrected chi connectivity index (χ0v) is 14.2. The smallest absolute Gasteiger partial charge is 0.336 e. The topological polar surface area (TPSA) is 35.5 Å². The number of rotatable bonds is 5. The summed E-state index contributed by atoms with van der Waals surface area (Å²) in [5.41, 5.74) is 0.525. The van der Waals surface area contributed by atoms with Crippen LogP contribution in [-0.4, -0.2) is 27.5 Å². The second-order valence-electron chi connectivity index (χ2n) is 5.40. The van der Waals surface area contributed by atoms with Crippen LogP contribution in [-0.2, 0) is 14.0 Å². The van der Waals surface area contributed by atoms with E-state index in [0.717, 1.165) is 0 Å². The van der Waals surface area contributed by atoms with Gasteiger partial charge in [-0.3, -0.25) is 0 Å². The van der Waals surface area contributed by atoms with Crippen LogP contribution < -0.4 is 0 Å². The van der Waals surface area contributed by atoms with Gasteiger partial charge >= 0.3 is 5.97 Å². The molecule has 0 atom stereocenters. The summed E-state index contributed by atoms with van der Waals surface area (Å²) >= 11 is 3.18. The van der Waals surface area contributed by atoms with E-state index in [1.165, 1.54) is 0 Å². The molecule has 0 aliphatic heterocycles. The van der Waals surface area contributed by atoms with Gasteiger partial charge in [0.1, 0.15) is 0 Å². The Morgan fingerprint density at radius 2 is 1.88 bits per heavy atom. The van der Waals surface area contributed by atoms with Gasteiger partial charge in [-0.05, 0) is 30.0 Å². The molecule has 0 rings (SSSR count). The molecule has 0 aliphatic rings. The van der Waals surface area contributed by atoms with Crippen molar-refractivity contribution in [2.75, 3.05) is 13.2 Å². The summed E-state index contributed by atoms with van der Waals surface area (Å²) in [6.07, 6.45) is 0. The average molecular weight is 323 g/mol. The van der Waals surface area contributed by atoms with Crippen LogP contribution in [0.3, 0.4) is 0 Å². The molecule has 0 aromatic heterocycles. The van der Waals surface area contributed by atoms with Crippen molar-refractivity contribution in [3.05, 3.63) is 10.6 Å². The van der Waals surface area contributed by atoms with Crippen molar-refractivity contribution in [3.8, 4) is 0 Å². The second kappa shape index (κ2) is 6.71. The first kappa shape index (κ1) is 16.9. The van der Waals surface area contributed by atoms with E-state index in [2.05, 4.69) is 49.8 Å². The number of hydrogen-bond acceptors (Lipinski definition) is 3. The summed E-state index contributed by atoms with van der Waals surface area (Å²) in [6.45, 7) is 13.3. The number of carbonyl (C=O) groups is 1. The Labute approximate surface area is 114 Å². The molecule has 0 N–H and O–H groups in total. The molecular weight excluding hydrogens is 300 g/mol. The van der Waals surface area contributed by atoms with Gasteiger partial charge in [-0.15, -0.1) is 0 Å². The van der Waals surface area contributed by atoms with Gasteiger partial charge in [-0.2, -0.15) is 0 Å². The Balaban J connectivity index is 4.50. The predicted molar refractivity (Wildman–Crippen MR) is 76.8 cm³/mol. The van der Waals surface area contributed by atoms with Gasteiger partial charge < -0.3 is 9.16 Å². The SMILES string of the molecule is CCOC(=O)/C(=C/Br)CO[Si](C)(C)C(C)(C)C. The Kier molecular flexibility index (Phi) is 6.65. The summed E-state index contributed by atoms with van der Waals surface area (Å²) in [5, 5.41) is 0.138. The number of esters is 1. The molecule has 17 heavy (non-hydrogen) atoms. The molecule has 100 valence electrons. The molecule has 0 aliphatic carbocycles. The molecule has 3 nitrogen and oxygen atoms in total. The van der Waals surface area contributed by atoms with Crippen LogP contribution in [0.2, 0.25) is 18.1 Å². The quantitative estimate of drug-likeness (QED) is 0.438. The zero-order chi connectivity index (χ0) is 13.7. The van der Waals surface area contributed by atoms with Crippen LogP contribution >= 0.6 is 15.9 Å². The van der Waals surface area contributed by atoms with Crippen LogP contribution in [0.4, 0.5) is 0 Å². The van der Waals surface area contributed by atoms with E-state index >= 15 is 0 Å². The van der Waals surface area contributed by atoms with E-state index in [1.54, 1.807) is 11.9 Å². The van der Waals surface area contributed by atoms with Crippen LogP contribution in [0, 0.1) is 0 Å². The summed E-state index contributed by atoms with van der Waals surface area (Å²) < 4.78 is 10.9. The van der Waals surface area contributed by atoms with E-state index in [9.17, 15) is 4.79 Å². The van der Waals surface area contributed by atoms with E-state index in [0.29, 0.717) is 18.8 Å². The van der Waals surface area contributed by atoms with Gasteiger partial charge in [0, 0.05) is 0 Å². The lowest BCUT2D eigenvalue weighted by molar-refractivity contribution is -0.138. The van der Waals surface area contributed by atoms with Crippen molar-refractivity contribution in [2.24, 2.45) is 0 Å². The lowest BCUT2D eigenvalue weighted by atomic mass is 10.2. The van der Waals surface area contributed by atoms with Crippen LogP contribution in [0.15, 0.2) is 10.6 Å². The van der Waals surface area contributed by atoms with Crippen molar-refractivity contribution in [1.82, 2.24) is 0 Å². The van der Waals surface area contributed by atoms with E-state index in [1.807, 2.05) is 0 Å². The monoisotopic (exact) mass is 322 g/mol. The minimum absolute atomic E-state index is 0.138. The number of carbonyl (C=O) groups excluding carboxylic acids is 1. The van der Waals surface area contributed by atoms with Crippen LogP contribution in [0.1, 0.15) is 27.7 Å². The second-order valence-corrected chi connectivity index (χ2v) is 10.7. The molecule has 0 radical (unpaired) electrons. The third-order valence-electron chi connectivity index (χ3n) is 3.06. The largest absolute Gasteiger partial charge is 0.463 e. The Morgan fingerprint density at radius 1 is 1.35 bits per heavy atom. The zero-order valence-electron chi connectivity index (χ0n) is 11.6. The Morgan fingerprint density at radius 3 is 2.24 bits per heavy atom. The van der Waals surface area contributed by atoms with Crippen molar-refractivity contribution >= 4 is 30.2 Å². The van der Waals surface area contributed by atoms with Crippen LogP contribution in [0.25, 0.3) is 0 Å². The van der Waals surface area contributed by atoms with Gasteiger partial charge in [0.25, 0.3) is 0 Å². The van der Waals surface area contributed by atoms with Crippen LogP contribution in [0.5, 0.6) is 0 Å². The number of halogens is 1. The molecular formula is C12H23BrO3Si. The third-order valence-corrected chi connectivity index (χ3v) is 8.10. The summed E-state index contributed by atoms with van der Waals surface area (Å²) in [6, 6.07) is 0. The molecule has 0 saturated carbocycles. The predicted octanol–water partition coefficient (Wildman–Crippen LogP) is 3.85. The highest BCUT2D eigenvalue weighted by atomic mass is 79.9. The Bertz CT molecular complexity index is 293. The number of hydrogen-bond donors (Lipinski definition) is 0. The van der Waals surface area contributed by atoms with Gasteiger partial charge in [0.15, 0.2) is 8.32 Å². The summed E-state index contributed by atoms with van der Waals surface area (Å²) in [4.78, 5) is 13.1. The molecule has 0 amide bonds. The Hall–Kier alpha value is -0.133. The lowest BCUT2D eigenvalue weighted by Crippen LogP contribution is -2.41. The molecule has 0 spiro atoms. The van der Waals surface area contributed by atoms with Gasteiger partial charge in [-0.1, -0.05) is 36.7 Å². The molecule has 0 bridgehead atoms. The first-order valence-corrected chi connectivity index (χ1v) is 9.58. The lowest BCUT2D eigenvalue weighted by Gasteiger charge is -2.36. The molecule has 0 unspecified atom stereocenters. The van der Waals surface area contributed by atoms with Crippen molar-refractivity contribution in [3.63, 3.8) is 0 Å². The third kappa shape index (κ3) is 5.36. The first-order valence-electron chi connectivity index (χ1n) is 5.76. The minimum atomic E-state index is -1.82. The summed E-state index contributed by atoms with van der Waals surface area (Å²) in [5.74, 6) is -0.317. The molecule has 5 heteroatoms. The fraction of sp³-hybridized carbons (Fsp3) is 0.750. The maximum Gasteiger partial charge on any atom is 0.336 e. The first-order chi connectivity index (χ1) is 7.65. The van der Waals surface area contributed by atoms with E-state index in [-0.39, 0.29) is 11.0 Å². The van der Waals surface area contributed by atoms with Gasteiger partial charge in [0.05, 0.1) is 18.8 Å². The minimum Gasteiger partial charge on any atom is -0.463 e. The van der Waals surface area contributed by atoms with E-state index in [4.69, 9.17) is 9.16 Å². The average Bonchev–Trinajstić information content (AvgIpc) is 2.17. The summed E-state index contributed by atoms with van der Waals surface area (Å²) in [7, 11) is -1.82. The highest BCUT2D eigenvalue weighted by Crippen LogP contribution is 2.36. The molecule has 0 heterocycles. The number of ether oxygens (including phenoxy) is 1. The molecule has 0 fully saturated rings. The van der Waals surface area contributed by atoms with Crippen molar-refractivity contribution in [2.45, 2.75) is 45.8 Å². The fourth-order valence-electron chi connectivity index (χ4n) is 0.833. The van der Waals surface area contributed by atoms with Gasteiger partial charge in [0.2, 0.25) is 0 Å². The molecule has 0 saturated heterocycles. The van der Waals surface area contributed by atoms with Gasteiger partial charge in [-0.25, -0.2) is 4.79 Å². The highest BCUT2D eigenvalue weighted by molar-refractivity contribution is 9.11. The molecule has 0 aromatic rings. The normalized spacial score (nSPS) is 13.7. The van der Waals surface area contributed by atoms with E-state index < -0.39 is 8.32 Å².